The normalized spacial score (nSPS) is 22.9. The molecule has 1 unspecified atom stereocenters. The Bertz CT molecular complexity index is 584. The van der Waals surface area contributed by atoms with Crippen molar-refractivity contribution in [2.24, 2.45) is 0 Å². The molecule has 5 heteroatoms. The van der Waals surface area contributed by atoms with E-state index in [1.165, 1.54) is 6.42 Å². The number of carbonyl (C=O) groups is 1. The Labute approximate surface area is 142 Å². The van der Waals surface area contributed by atoms with E-state index in [0.717, 1.165) is 44.3 Å². The van der Waals surface area contributed by atoms with Gasteiger partial charge in [0.25, 0.3) is 0 Å². The molecule has 1 aromatic rings. The molecule has 2 fully saturated rings. The van der Waals surface area contributed by atoms with Gasteiger partial charge in [-0.1, -0.05) is 25.8 Å². The van der Waals surface area contributed by atoms with Crippen LogP contribution in [0.4, 0.5) is 4.79 Å². The zero-order valence-corrected chi connectivity index (χ0v) is 14.1. The Morgan fingerprint density at radius 1 is 1.08 bits per heavy atom. The molecule has 2 aliphatic rings. The minimum atomic E-state index is -0.638. The molecule has 1 aromatic carbocycles. The van der Waals surface area contributed by atoms with Crippen LogP contribution in [0.5, 0.6) is 11.5 Å². The zero-order chi connectivity index (χ0) is 17.0. The van der Waals surface area contributed by atoms with E-state index >= 15 is 0 Å². The van der Waals surface area contributed by atoms with Gasteiger partial charge < -0.3 is 18.9 Å². The van der Waals surface area contributed by atoms with Gasteiger partial charge in [-0.05, 0) is 49.9 Å². The van der Waals surface area contributed by atoms with Crippen LogP contribution in [-0.2, 0) is 9.47 Å². The number of rotatable bonds is 4. The van der Waals surface area contributed by atoms with Gasteiger partial charge in [-0.2, -0.15) is 0 Å². The van der Waals surface area contributed by atoms with E-state index < -0.39 is 17.9 Å². The highest BCUT2D eigenvalue weighted by Gasteiger charge is 2.53. The fraction of sp³-hybridized carbons (Fsp3) is 0.526. The quantitative estimate of drug-likeness (QED) is 0.595. The molecule has 3 rings (SSSR count). The third-order valence-electron chi connectivity index (χ3n) is 4.78. The van der Waals surface area contributed by atoms with Gasteiger partial charge in [0.05, 0.1) is 7.11 Å². The topological polar surface area (TPSA) is 54.0 Å². The van der Waals surface area contributed by atoms with E-state index in [2.05, 4.69) is 6.58 Å². The molecule has 1 atom stereocenters. The van der Waals surface area contributed by atoms with Gasteiger partial charge in [-0.25, -0.2) is 4.79 Å². The van der Waals surface area contributed by atoms with Crippen LogP contribution >= 0.6 is 0 Å². The number of cyclic esters (lactones) is 1. The fourth-order valence-corrected chi connectivity index (χ4v) is 3.52. The average Bonchev–Trinajstić information content (AvgIpc) is 2.89. The molecular formula is C19H24O5. The Balaban J connectivity index is 1.74. The fourth-order valence-electron chi connectivity index (χ4n) is 3.52. The van der Waals surface area contributed by atoms with Gasteiger partial charge in [0.15, 0.2) is 5.60 Å². The van der Waals surface area contributed by atoms with E-state index in [1.54, 1.807) is 19.2 Å². The first-order chi connectivity index (χ1) is 11.6. The SMILES string of the molecule is C=C(Oc1ccc(OC)cc1)C1OC(=O)OC12CCCCCCC2. The molecule has 24 heavy (non-hydrogen) atoms. The summed E-state index contributed by atoms with van der Waals surface area (Å²) in [4.78, 5) is 11.8. The summed E-state index contributed by atoms with van der Waals surface area (Å²) in [6.45, 7) is 4.00. The van der Waals surface area contributed by atoms with Crippen molar-refractivity contribution in [2.75, 3.05) is 7.11 Å². The molecule has 1 aliphatic heterocycles. The van der Waals surface area contributed by atoms with E-state index in [1.807, 2.05) is 12.1 Å². The molecule has 1 saturated heterocycles. The molecule has 0 aromatic heterocycles. The third-order valence-corrected chi connectivity index (χ3v) is 4.78. The predicted molar refractivity (Wildman–Crippen MR) is 89.2 cm³/mol. The first kappa shape index (κ1) is 16.7. The highest BCUT2D eigenvalue weighted by molar-refractivity contribution is 5.64. The number of carbonyl (C=O) groups excluding carboxylic acids is 1. The largest absolute Gasteiger partial charge is 0.509 e. The van der Waals surface area contributed by atoms with Crippen LogP contribution < -0.4 is 9.47 Å². The summed E-state index contributed by atoms with van der Waals surface area (Å²) >= 11 is 0. The van der Waals surface area contributed by atoms with Crippen molar-refractivity contribution >= 4 is 6.16 Å². The molecule has 1 saturated carbocycles. The summed E-state index contributed by atoms with van der Waals surface area (Å²) in [5.74, 6) is 1.79. The number of hydrogen-bond acceptors (Lipinski definition) is 5. The van der Waals surface area contributed by atoms with Gasteiger partial charge in [0.1, 0.15) is 17.3 Å². The number of ether oxygens (including phenoxy) is 4. The summed E-state index contributed by atoms with van der Waals surface area (Å²) in [6, 6.07) is 7.22. The van der Waals surface area contributed by atoms with Crippen molar-refractivity contribution < 1.29 is 23.7 Å². The van der Waals surface area contributed by atoms with Crippen molar-refractivity contribution in [1.29, 1.82) is 0 Å². The lowest BCUT2D eigenvalue weighted by atomic mass is 9.82. The van der Waals surface area contributed by atoms with Crippen LogP contribution in [-0.4, -0.2) is 25.0 Å². The van der Waals surface area contributed by atoms with Crippen molar-refractivity contribution in [3.63, 3.8) is 0 Å². The van der Waals surface area contributed by atoms with E-state index in [4.69, 9.17) is 18.9 Å². The maximum atomic E-state index is 11.8. The van der Waals surface area contributed by atoms with Crippen molar-refractivity contribution in [2.45, 2.75) is 56.7 Å². The highest BCUT2D eigenvalue weighted by atomic mass is 16.8. The lowest BCUT2D eigenvalue weighted by Gasteiger charge is -2.32. The van der Waals surface area contributed by atoms with Gasteiger partial charge >= 0.3 is 6.16 Å². The van der Waals surface area contributed by atoms with Gasteiger partial charge in [-0.3, -0.25) is 0 Å². The minimum absolute atomic E-state index is 0.409. The Morgan fingerprint density at radius 3 is 2.29 bits per heavy atom. The van der Waals surface area contributed by atoms with Crippen LogP contribution in [0, 0.1) is 0 Å². The molecule has 0 radical (unpaired) electrons. The predicted octanol–water partition coefficient (Wildman–Crippen LogP) is 4.61. The third kappa shape index (κ3) is 3.50. The highest BCUT2D eigenvalue weighted by Crippen LogP contribution is 2.41. The average molecular weight is 332 g/mol. The summed E-state index contributed by atoms with van der Waals surface area (Å²) in [5.41, 5.74) is -0.638. The molecule has 0 N–H and O–H groups in total. The van der Waals surface area contributed by atoms with Crippen LogP contribution in [0.2, 0.25) is 0 Å². The molecule has 130 valence electrons. The summed E-state index contributed by atoms with van der Waals surface area (Å²) in [7, 11) is 1.61. The zero-order valence-electron chi connectivity index (χ0n) is 14.1. The van der Waals surface area contributed by atoms with E-state index in [-0.39, 0.29) is 0 Å². The lowest BCUT2D eigenvalue weighted by Crippen LogP contribution is -2.42. The van der Waals surface area contributed by atoms with Crippen molar-refractivity contribution in [3.8, 4) is 11.5 Å². The van der Waals surface area contributed by atoms with Crippen LogP contribution in [0.3, 0.4) is 0 Å². The first-order valence-electron chi connectivity index (χ1n) is 8.53. The van der Waals surface area contributed by atoms with Crippen LogP contribution in [0.15, 0.2) is 36.6 Å². The molecule has 1 heterocycles. The number of methoxy groups -OCH3 is 1. The molecule has 0 amide bonds. The summed E-state index contributed by atoms with van der Waals surface area (Å²) < 4.78 is 22.0. The molecule has 1 spiro atoms. The van der Waals surface area contributed by atoms with Crippen molar-refractivity contribution in [3.05, 3.63) is 36.6 Å². The maximum absolute atomic E-state index is 11.8. The summed E-state index contributed by atoms with van der Waals surface area (Å²) in [6.07, 6.45) is 5.95. The second-order valence-electron chi connectivity index (χ2n) is 6.43. The standard InChI is InChI=1S/C19H24O5/c1-14(22-16-10-8-15(21-2)9-11-16)17-19(24-18(20)23-17)12-6-4-3-5-7-13-19/h8-11,17H,1,3-7,12-13H2,2H3. The van der Waals surface area contributed by atoms with Gasteiger partial charge in [-0.15, -0.1) is 0 Å². The van der Waals surface area contributed by atoms with Gasteiger partial charge in [0, 0.05) is 0 Å². The molecule has 0 bridgehead atoms. The molecule has 1 aliphatic carbocycles. The monoisotopic (exact) mass is 332 g/mol. The van der Waals surface area contributed by atoms with E-state index in [9.17, 15) is 4.79 Å². The molecular weight excluding hydrogens is 308 g/mol. The van der Waals surface area contributed by atoms with Gasteiger partial charge in [0.2, 0.25) is 6.10 Å². The second kappa shape index (κ2) is 7.16. The lowest BCUT2D eigenvalue weighted by molar-refractivity contribution is 0.00632. The number of benzene rings is 1. The minimum Gasteiger partial charge on any atom is -0.497 e. The van der Waals surface area contributed by atoms with E-state index in [0.29, 0.717) is 11.5 Å². The number of hydrogen-bond donors (Lipinski definition) is 0. The molecule has 5 nitrogen and oxygen atoms in total. The Kier molecular flexibility index (Phi) is 4.97. The Morgan fingerprint density at radius 2 is 1.67 bits per heavy atom. The first-order valence-corrected chi connectivity index (χ1v) is 8.53. The Hall–Kier alpha value is -2.17. The maximum Gasteiger partial charge on any atom is 0.509 e. The summed E-state index contributed by atoms with van der Waals surface area (Å²) in [5, 5.41) is 0. The van der Waals surface area contributed by atoms with Crippen LogP contribution in [0.25, 0.3) is 0 Å². The second-order valence-corrected chi connectivity index (χ2v) is 6.43. The van der Waals surface area contributed by atoms with Crippen molar-refractivity contribution in [1.82, 2.24) is 0 Å². The smallest absolute Gasteiger partial charge is 0.497 e. The van der Waals surface area contributed by atoms with Crippen LogP contribution in [0.1, 0.15) is 44.9 Å².